The third-order valence-electron chi connectivity index (χ3n) is 4.07. The highest BCUT2D eigenvalue weighted by atomic mass is 32.1. The molecule has 0 bridgehead atoms. The molecule has 4 heteroatoms. The van der Waals surface area contributed by atoms with Crippen LogP contribution in [0.5, 0.6) is 0 Å². The van der Waals surface area contributed by atoms with Gasteiger partial charge in [0.1, 0.15) is 0 Å². The molecular weight excluding hydrogens is 256 g/mol. The number of ether oxygens (including phenoxy) is 1. The van der Waals surface area contributed by atoms with Crippen molar-refractivity contribution >= 4 is 11.3 Å². The molecule has 3 atom stereocenters. The van der Waals surface area contributed by atoms with E-state index in [-0.39, 0.29) is 0 Å². The zero-order chi connectivity index (χ0) is 13.7. The van der Waals surface area contributed by atoms with Crippen LogP contribution in [-0.4, -0.2) is 43.8 Å². The van der Waals surface area contributed by atoms with E-state index in [1.165, 1.54) is 17.7 Å². The van der Waals surface area contributed by atoms with Gasteiger partial charge in [-0.3, -0.25) is 4.90 Å². The van der Waals surface area contributed by atoms with Gasteiger partial charge in [0.05, 0.1) is 6.10 Å². The second-order valence-electron chi connectivity index (χ2n) is 5.47. The third-order valence-corrected chi connectivity index (χ3v) is 5.11. The molecule has 1 fully saturated rings. The van der Waals surface area contributed by atoms with E-state index in [1.807, 2.05) is 11.3 Å². The Bertz CT molecular complexity index is 349. The second kappa shape index (κ2) is 7.39. The molecular formula is C15H26N2OS. The summed E-state index contributed by atoms with van der Waals surface area (Å²) in [6, 6.07) is 5.31. The summed E-state index contributed by atoms with van der Waals surface area (Å²) >= 11 is 1.84. The van der Waals surface area contributed by atoms with Crippen molar-refractivity contribution in [3.63, 3.8) is 0 Å². The first kappa shape index (κ1) is 15.0. The van der Waals surface area contributed by atoms with Crippen LogP contribution in [0.1, 0.15) is 37.6 Å². The highest BCUT2D eigenvalue weighted by Crippen LogP contribution is 2.22. The van der Waals surface area contributed by atoms with Crippen molar-refractivity contribution in [1.29, 1.82) is 0 Å². The van der Waals surface area contributed by atoms with Gasteiger partial charge in [0.15, 0.2) is 0 Å². The Morgan fingerprint density at radius 1 is 1.53 bits per heavy atom. The Morgan fingerprint density at radius 3 is 3.00 bits per heavy atom. The summed E-state index contributed by atoms with van der Waals surface area (Å²) in [5, 5.41) is 5.74. The largest absolute Gasteiger partial charge is 0.377 e. The lowest BCUT2D eigenvalue weighted by Gasteiger charge is -2.26. The van der Waals surface area contributed by atoms with E-state index in [2.05, 4.69) is 48.6 Å². The summed E-state index contributed by atoms with van der Waals surface area (Å²) in [4.78, 5) is 3.84. The van der Waals surface area contributed by atoms with Crippen molar-refractivity contribution in [2.24, 2.45) is 0 Å². The van der Waals surface area contributed by atoms with E-state index in [1.54, 1.807) is 0 Å². The normalized spacial score (nSPS) is 22.8. The van der Waals surface area contributed by atoms with Gasteiger partial charge >= 0.3 is 0 Å². The molecule has 0 saturated carbocycles. The quantitative estimate of drug-likeness (QED) is 0.832. The Kier molecular flexibility index (Phi) is 5.82. The summed E-state index contributed by atoms with van der Waals surface area (Å²) in [5.74, 6) is 0. The topological polar surface area (TPSA) is 24.5 Å². The van der Waals surface area contributed by atoms with Crippen LogP contribution >= 0.6 is 11.3 Å². The highest BCUT2D eigenvalue weighted by molar-refractivity contribution is 7.10. The van der Waals surface area contributed by atoms with Crippen LogP contribution in [0.25, 0.3) is 0 Å². The molecule has 1 aliphatic heterocycles. The average Bonchev–Trinajstić information content (AvgIpc) is 3.10. The Hall–Kier alpha value is -0.420. The number of nitrogens with zero attached hydrogens (tertiary/aromatic N) is 1. The summed E-state index contributed by atoms with van der Waals surface area (Å²) in [7, 11) is 2.20. The molecule has 3 nitrogen and oxygen atoms in total. The highest BCUT2D eigenvalue weighted by Gasteiger charge is 2.21. The molecule has 1 aliphatic rings. The van der Waals surface area contributed by atoms with Gasteiger partial charge in [-0.25, -0.2) is 0 Å². The minimum Gasteiger partial charge on any atom is -0.377 e. The fraction of sp³-hybridized carbons (Fsp3) is 0.733. The number of thiophene rings is 1. The number of rotatable bonds is 7. The molecule has 3 unspecified atom stereocenters. The van der Waals surface area contributed by atoms with Gasteiger partial charge in [0.2, 0.25) is 0 Å². The number of hydrogen-bond donors (Lipinski definition) is 1. The maximum absolute atomic E-state index is 5.70. The third kappa shape index (κ3) is 4.28. The number of nitrogens with one attached hydrogen (secondary N) is 1. The maximum Gasteiger partial charge on any atom is 0.0726 e. The zero-order valence-corrected chi connectivity index (χ0v) is 13.1. The monoisotopic (exact) mass is 282 g/mol. The first-order chi connectivity index (χ1) is 9.18. The summed E-state index contributed by atoms with van der Waals surface area (Å²) in [6.07, 6.45) is 2.83. The van der Waals surface area contributed by atoms with Crippen LogP contribution < -0.4 is 5.32 Å². The van der Waals surface area contributed by atoms with Crippen molar-refractivity contribution in [3.8, 4) is 0 Å². The molecule has 0 aromatic carbocycles. The van der Waals surface area contributed by atoms with E-state index in [9.17, 15) is 0 Å². The lowest BCUT2D eigenvalue weighted by molar-refractivity contribution is 0.0825. The van der Waals surface area contributed by atoms with Crippen LogP contribution in [0.15, 0.2) is 17.5 Å². The van der Waals surface area contributed by atoms with Crippen LogP contribution in [0.2, 0.25) is 0 Å². The molecule has 1 aromatic heterocycles. The standard InChI is InChI=1S/C15H26N2OS/c1-12(14-6-4-10-18-14)16-8-9-17(3)13(2)15-7-5-11-19-15/h5,7,11-14,16H,4,6,8-10H2,1-3H3. The van der Waals surface area contributed by atoms with Crippen molar-refractivity contribution in [3.05, 3.63) is 22.4 Å². The van der Waals surface area contributed by atoms with Gasteiger partial charge < -0.3 is 10.1 Å². The molecule has 0 spiro atoms. The van der Waals surface area contributed by atoms with Crippen LogP contribution in [0.3, 0.4) is 0 Å². The minimum atomic E-state index is 0.417. The van der Waals surface area contributed by atoms with Gasteiger partial charge in [-0.05, 0) is 45.2 Å². The Balaban J connectivity index is 1.67. The predicted octanol–water partition coefficient (Wildman–Crippen LogP) is 2.90. The zero-order valence-electron chi connectivity index (χ0n) is 12.3. The van der Waals surface area contributed by atoms with Crippen LogP contribution in [0.4, 0.5) is 0 Å². The van der Waals surface area contributed by atoms with Gasteiger partial charge in [0.25, 0.3) is 0 Å². The van der Waals surface area contributed by atoms with E-state index < -0.39 is 0 Å². The first-order valence-electron chi connectivity index (χ1n) is 7.27. The molecule has 1 aromatic rings. The van der Waals surface area contributed by atoms with Crippen molar-refractivity contribution < 1.29 is 4.74 Å². The summed E-state index contributed by atoms with van der Waals surface area (Å²) in [6.45, 7) is 7.53. The minimum absolute atomic E-state index is 0.417. The molecule has 1 N–H and O–H groups in total. The molecule has 19 heavy (non-hydrogen) atoms. The van der Waals surface area contributed by atoms with Crippen LogP contribution in [0, 0.1) is 0 Å². The molecule has 2 heterocycles. The second-order valence-corrected chi connectivity index (χ2v) is 6.45. The molecule has 108 valence electrons. The Morgan fingerprint density at radius 2 is 2.37 bits per heavy atom. The predicted molar refractivity (Wildman–Crippen MR) is 81.8 cm³/mol. The molecule has 0 amide bonds. The van der Waals surface area contributed by atoms with Gasteiger partial charge in [-0.2, -0.15) is 0 Å². The van der Waals surface area contributed by atoms with Crippen molar-refractivity contribution in [2.45, 2.75) is 44.9 Å². The lowest BCUT2D eigenvalue weighted by atomic mass is 10.1. The van der Waals surface area contributed by atoms with E-state index in [0.717, 1.165) is 19.7 Å². The fourth-order valence-electron chi connectivity index (χ4n) is 2.54. The van der Waals surface area contributed by atoms with E-state index in [0.29, 0.717) is 18.2 Å². The number of likely N-dealkylation sites (N-methyl/N-ethyl adjacent to an activating group) is 1. The van der Waals surface area contributed by atoms with E-state index >= 15 is 0 Å². The van der Waals surface area contributed by atoms with Crippen LogP contribution in [-0.2, 0) is 4.74 Å². The van der Waals surface area contributed by atoms with E-state index in [4.69, 9.17) is 4.74 Å². The van der Waals surface area contributed by atoms with Gasteiger partial charge in [-0.1, -0.05) is 6.07 Å². The summed E-state index contributed by atoms with van der Waals surface area (Å²) < 4.78 is 5.70. The summed E-state index contributed by atoms with van der Waals surface area (Å²) in [5.41, 5.74) is 0. The van der Waals surface area contributed by atoms with Crippen molar-refractivity contribution in [2.75, 3.05) is 26.7 Å². The molecule has 0 radical (unpaired) electrons. The van der Waals surface area contributed by atoms with Gasteiger partial charge in [-0.15, -0.1) is 11.3 Å². The average molecular weight is 282 g/mol. The maximum atomic E-state index is 5.70. The molecule has 0 aliphatic carbocycles. The van der Waals surface area contributed by atoms with Crippen molar-refractivity contribution in [1.82, 2.24) is 10.2 Å². The first-order valence-corrected chi connectivity index (χ1v) is 8.15. The number of hydrogen-bond acceptors (Lipinski definition) is 4. The SMILES string of the molecule is CC(NCCN(C)C(C)c1cccs1)C1CCCO1. The fourth-order valence-corrected chi connectivity index (χ4v) is 3.39. The van der Waals surface area contributed by atoms with Gasteiger partial charge in [0, 0.05) is 36.7 Å². The Labute approximate surface area is 121 Å². The smallest absolute Gasteiger partial charge is 0.0726 e. The molecule has 1 saturated heterocycles. The lowest BCUT2D eigenvalue weighted by Crippen LogP contribution is -2.41. The molecule has 2 rings (SSSR count).